The van der Waals surface area contributed by atoms with Crippen LogP contribution in [0.15, 0.2) is 9.78 Å². The van der Waals surface area contributed by atoms with Crippen molar-refractivity contribution in [1.82, 2.24) is 5.16 Å². The first-order valence-corrected chi connectivity index (χ1v) is 5.87. The zero-order valence-electron chi connectivity index (χ0n) is 12.0. The summed E-state index contributed by atoms with van der Waals surface area (Å²) in [7, 11) is 0. The van der Waals surface area contributed by atoms with Crippen LogP contribution in [0.5, 0.6) is 0 Å². The predicted octanol–water partition coefficient (Wildman–Crippen LogP) is 1.76. The van der Waals surface area contributed by atoms with E-state index >= 15 is 0 Å². The first-order valence-electron chi connectivity index (χ1n) is 5.87. The molecule has 0 unspecified atom stereocenters. The Hall–Kier alpha value is -1.92. The minimum Gasteiger partial charge on any atom is -0.410 e. The number of aromatic nitrogens is 2. The first kappa shape index (κ1) is 15.1. The van der Waals surface area contributed by atoms with Gasteiger partial charge >= 0.3 is 0 Å². The number of hydrogen-bond acceptors (Lipinski definition) is 6. The van der Waals surface area contributed by atoms with Gasteiger partial charge in [-0.2, -0.15) is 0 Å². The fourth-order valence-electron chi connectivity index (χ4n) is 1.50. The number of carbonyl (C=O) groups excluding carboxylic acids is 1. The molecule has 1 aromatic rings. The van der Waals surface area contributed by atoms with Crippen LogP contribution in [0, 0.1) is 16.0 Å². The van der Waals surface area contributed by atoms with Crippen molar-refractivity contribution in [1.29, 1.82) is 0 Å². The average molecular weight is 269 g/mol. The molecule has 1 aromatic heterocycles. The van der Waals surface area contributed by atoms with E-state index in [4.69, 9.17) is 5.21 Å². The topological polar surface area (TPSA) is 103 Å². The quantitative estimate of drug-likeness (QED) is 0.290. The summed E-state index contributed by atoms with van der Waals surface area (Å²) in [6.07, 6.45) is 0. The average Bonchev–Trinajstić information content (AvgIpc) is 2.58. The van der Waals surface area contributed by atoms with E-state index in [2.05, 4.69) is 14.9 Å². The molecule has 106 valence electrons. The highest BCUT2D eigenvalue weighted by Crippen LogP contribution is 2.26. The highest BCUT2D eigenvalue weighted by molar-refractivity contribution is 6.10. The number of rotatable bonds is 2. The maximum Gasteiger partial charge on any atom is 0.293 e. The van der Waals surface area contributed by atoms with Crippen molar-refractivity contribution in [3.8, 4) is 0 Å². The van der Waals surface area contributed by atoms with E-state index in [-0.39, 0.29) is 27.8 Å². The molecular weight excluding hydrogens is 250 g/mol. The van der Waals surface area contributed by atoms with Crippen LogP contribution < -0.4 is 4.90 Å². The maximum atomic E-state index is 12.2. The van der Waals surface area contributed by atoms with Gasteiger partial charge in [-0.15, -0.1) is 0 Å². The number of carbonyl (C=O) groups is 1. The number of Topliss-reactive ketones (excluding diaryl/α,β-unsaturated/α-hetero) is 1. The molecule has 0 aliphatic rings. The molecule has 1 rings (SSSR count). The molecule has 0 saturated heterocycles. The number of hydrogen-bond donors (Lipinski definition) is 1. The van der Waals surface area contributed by atoms with Gasteiger partial charge in [0.2, 0.25) is 5.78 Å². The Morgan fingerprint density at radius 3 is 2.16 bits per heavy atom. The molecule has 0 saturated carbocycles. The zero-order valence-corrected chi connectivity index (χ0v) is 12.0. The van der Waals surface area contributed by atoms with Crippen LogP contribution in [0.2, 0.25) is 0 Å². The lowest BCUT2D eigenvalue weighted by atomic mass is 9.83. The van der Waals surface area contributed by atoms with E-state index in [0.29, 0.717) is 0 Å². The summed E-state index contributed by atoms with van der Waals surface area (Å²) in [4.78, 5) is 12.3. The third-order valence-electron chi connectivity index (χ3n) is 2.54. The van der Waals surface area contributed by atoms with Gasteiger partial charge in [-0.3, -0.25) is 9.42 Å². The molecule has 1 N–H and O–H groups in total. The van der Waals surface area contributed by atoms with E-state index in [9.17, 15) is 10.0 Å². The lowest BCUT2D eigenvalue weighted by Gasteiger charge is -2.18. The van der Waals surface area contributed by atoms with Gasteiger partial charge in [-0.05, 0) is 4.90 Å². The van der Waals surface area contributed by atoms with E-state index < -0.39 is 10.8 Å². The van der Waals surface area contributed by atoms with Crippen molar-refractivity contribution in [2.24, 2.45) is 16.0 Å². The fourth-order valence-corrected chi connectivity index (χ4v) is 1.50. The second-order valence-electron chi connectivity index (χ2n) is 6.40. The van der Waals surface area contributed by atoms with E-state index in [1.807, 2.05) is 0 Å². The van der Waals surface area contributed by atoms with Crippen LogP contribution in [0.1, 0.15) is 57.7 Å². The summed E-state index contributed by atoms with van der Waals surface area (Å²) in [5, 5.41) is 27.4. The van der Waals surface area contributed by atoms with Crippen molar-refractivity contribution < 1.29 is 19.5 Å². The predicted molar refractivity (Wildman–Crippen MR) is 67.0 cm³/mol. The Balaban J connectivity index is 3.46. The molecule has 0 spiro atoms. The summed E-state index contributed by atoms with van der Waals surface area (Å²) >= 11 is 0. The molecule has 0 atom stereocenters. The van der Waals surface area contributed by atoms with Crippen LogP contribution in [-0.2, 0) is 0 Å². The van der Waals surface area contributed by atoms with Crippen molar-refractivity contribution in [2.75, 3.05) is 0 Å². The highest BCUT2D eigenvalue weighted by atomic mass is 16.8. The largest absolute Gasteiger partial charge is 0.410 e. The Morgan fingerprint density at radius 2 is 1.79 bits per heavy atom. The van der Waals surface area contributed by atoms with E-state index in [1.54, 1.807) is 41.5 Å². The van der Waals surface area contributed by atoms with Crippen LogP contribution >= 0.6 is 0 Å². The molecule has 0 aliphatic heterocycles. The fraction of sp³-hybridized carbons (Fsp3) is 0.667. The van der Waals surface area contributed by atoms with Gasteiger partial charge in [-0.25, -0.2) is 0 Å². The summed E-state index contributed by atoms with van der Waals surface area (Å²) in [6, 6.07) is 0. The van der Waals surface area contributed by atoms with Gasteiger partial charge in [0.15, 0.2) is 0 Å². The molecule has 7 heteroatoms. The third-order valence-corrected chi connectivity index (χ3v) is 2.54. The Labute approximate surface area is 111 Å². The van der Waals surface area contributed by atoms with Crippen molar-refractivity contribution >= 4 is 11.5 Å². The van der Waals surface area contributed by atoms with Crippen molar-refractivity contribution in [3.63, 3.8) is 0 Å². The van der Waals surface area contributed by atoms with Gasteiger partial charge in [0.05, 0.1) is 5.16 Å². The Bertz CT molecular complexity index is 518. The molecule has 0 aromatic carbocycles. The molecule has 0 bridgehead atoms. The summed E-state index contributed by atoms with van der Waals surface area (Å²) < 4.78 is 4.49. The molecule has 0 fully saturated rings. The second kappa shape index (κ2) is 4.64. The van der Waals surface area contributed by atoms with Gasteiger partial charge in [-0.1, -0.05) is 46.7 Å². The summed E-state index contributed by atoms with van der Waals surface area (Å²) in [5.74, 6) is -0.355. The third kappa shape index (κ3) is 2.91. The number of oxime groups is 1. The molecule has 1 heterocycles. The molecule has 0 aliphatic carbocycles. The van der Waals surface area contributed by atoms with Crippen LogP contribution in [0.3, 0.4) is 0 Å². The molecule has 0 radical (unpaired) electrons. The Morgan fingerprint density at radius 1 is 1.26 bits per heavy atom. The van der Waals surface area contributed by atoms with Gasteiger partial charge in [0.1, 0.15) is 5.71 Å². The van der Waals surface area contributed by atoms with Gasteiger partial charge < -0.3 is 10.4 Å². The number of nitrogens with zero attached hydrogens (tertiary/aromatic N) is 3. The van der Waals surface area contributed by atoms with Crippen LogP contribution in [0.4, 0.5) is 0 Å². The van der Waals surface area contributed by atoms with Crippen LogP contribution in [-0.4, -0.2) is 21.9 Å². The minimum atomic E-state index is -0.725. The summed E-state index contributed by atoms with van der Waals surface area (Å²) in [6.45, 7) is 10.4. The van der Waals surface area contributed by atoms with E-state index in [0.717, 1.165) is 0 Å². The maximum absolute atomic E-state index is 12.2. The second-order valence-corrected chi connectivity index (χ2v) is 6.40. The van der Waals surface area contributed by atoms with Crippen molar-refractivity contribution in [3.05, 3.63) is 16.6 Å². The highest BCUT2D eigenvalue weighted by Gasteiger charge is 2.40. The van der Waals surface area contributed by atoms with Gasteiger partial charge in [0.25, 0.3) is 11.4 Å². The van der Waals surface area contributed by atoms with E-state index in [1.165, 1.54) is 0 Å². The van der Waals surface area contributed by atoms with Crippen LogP contribution in [0.25, 0.3) is 0 Å². The number of ketones is 1. The molecule has 0 amide bonds. The molecule has 19 heavy (non-hydrogen) atoms. The summed E-state index contributed by atoms with van der Waals surface area (Å²) in [5.41, 5.74) is -1.58. The first-order chi connectivity index (χ1) is 8.50. The standard InChI is InChI=1S/C12H19N3O4/c1-11(2,3)9(13-17)8-7(14-19-15(8)18)10(16)12(4,5)6/h17H,1-6H3. The minimum absolute atomic E-state index is 0.0522. The Kier molecular flexibility index (Phi) is 3.70. The monoisotopic (exact) mass is 269 g/mol. The zero-order chi connectivity index (χ0) is 15.0. The SMILES string of the molecule is CC(C)(C)C(=O)c1no[n+]([O-])c1C(=NO)C(C)(C)C. The molecular formula is C12H19N3O4. The normalized spacial score (nSPS) is 13.7. The molecule has 7 nitrogen and oxygen atoms in total. The van der Waals surface area contributed by atoms with Crippen molar-refractivity contribution in [2.45, 2.75) is 41.5 Å². The lowest BCUT2D eigenvalue weighted by molar-refractivity contribution is -0.803. The lowest BCUT2D eigenvalue weighted by Crippen LogP contribution is -2.38. The van der Waals surface area contributed by atoms with Gasteiger partial charge in [0, 0.05) is 10.8 Å². The smallest absolute Gasteiger partial charge is 0.293 e.